The van der Waals surface area contributed by atoms with Crippen LogP contribution in [0.3, 0.4) is 0 Å². The van der Waals surface area contributed by atoms with Crippen LogP contribution in [0.5, 0.6) is 0 Å². The van der Waals surface area contributed by atoms with Gasteiger partial charge in [-0.3, -0.25) is 9.69 Å². The monoisotopic (exact) mass is 367 g/mol. The summed E-state index contributed by atoms with van der Waals surface area (Å²) in [5, 5.41) is 4.11. The first kappa shape index (κ1) is 18.6. The van der Waals surface area contributed by atoms with Crippen LogP contribution in [0.1, 0.15) is 28.4 Å². The molecule has 0 unspecified atom stereocenters. The minimum atomic E-state index is -0.0228. The third-order valence-electron chi connectivity index (χ3n) is 4.65. The third kappa shape index (κ3) is 4.50. The van der Waals surface area contributed by atoms with Crippen molar-refractivity contribution in [1.29, 1.82) is 0 Å². The molecule has 0 bridgehead atoms. The second-order valence-electron chi connectivity index (χ2n) is 6.74. The smallest absolute Gasteiger partial charge is 0.187 e. The van der Waals surface area contributed by atoms with Gasteiger partial charge in [-0.05, 0) is 24.1 Å². The molecule has 26 heavy (non-hydrogen) atoms. The van der Waals surface area contributed by atoms with Crippen molar-refractivity contribution in [3.05, 3.63) is 75.6 Å². The minimum Gasteiger partial charge on any atom is -0.312 e. The highest BCUT2D eigenvalue weighted by molar-refractivity contribution is 6.32. The molecule has 4 nitrogen and oxygen atoms in total. The largest absolute Gasteiger partial charge is 0.312 e. The number of hydrogen-bond donors (Lipinski definition) is 1. The third-order valence-corrected chi connectivity index (χ3v) is 5.14. The van der Waals surface area contributed by atoms with Crippen LogP contribution in [-0.4, -0.2) is 36.4 Å². The van der Waals surface area contributed by atoms with Gasteiger partial charge in [0.05, 0.1) is 6.57 Å². The zero-order chi connectivity index (χ0) is 18.5. The fourth-order valence-electron chi connectivity index (χ4n) is 3.31. The molecular weight excluding hydrogens is 346 g/mol. The summed E-state index contributed by atoms with van der Waals surface area (Å²) in [6.07, 6.45) is 0.242. The molecule has 1 atom stereocenters. The summed E-state index contributed by atoms with van der Waals surface area (Å²) in [7, 11) is 0. The van der Waals surface area contributed by atoms with Gasteiger partial charge in [-0.25, -0.2) is 4.85 Å². The Morgan fingerprint density at radius 2 is 2.08 bits per heavy atom. The lowest BCUT2D eigenvalue weighted by Crippen LogP contribution is -2.48. The first-order valence-electron chi connectivity index (χ1n) is 8.79. The van der Waals surface area contributed by atoms with E-state index >= 15 is 0 Å². The van der Waals surface area contributed by atoms with E-state index in [0.717, 1.165) is 37.3 Å². The number of Topliss-reactive ketones (excluding diaryl/α,β-unsaturated/α-hetero) is 1. The fraction of sp³-hybridized carbons (Fsp3) is 0.333. The maximum absolute atomic E-state index is 12.6. The summed E-state index contributed by atoms with van der Waals surface area (Å²) in [5.74, 6) is -0.0228. The quantitative estimate of drug-likeness (QED) is 0.638. The number of carbonyl (C=O) groups is 1. The number of hydrogen-bond acceptors (Lipinski definition) is 3. The molecule has 0 spiro atoms. The Labute approximate surface area is 159 Å². The maximum atomic E-state index is 12.6. The Morgan fingerprint density at radius 1 is 1.31 bits per heavy atom. The Kier molecular flexibility index (Phi) is 6.05. The van der Waals surface area contributed by atoms with Crippen LogP contribution in [0.4, 0.5) is 5.69 Å². The fourth-order valence-corrected chi connectivity index (χ4v) is 3.56. The topological polar surface area (TPSA) is 36.7 Å². The van der Waals surface area contributed by atoms with Crippen molar-refractivity contribution in [2.45, 2.75) is 25.9 Å². The lowest BCUT2D eigenvalue weighted by atomic mass is 10.0. The van der Waals surface area contributed by atoms with E-state index in [2.05, 4.69) is 22.0 Å². The summed E-state index contributed by atoms with van der Waals surface area (Å²) in [4.78, 5) is 18.4. The van der Waals surface area contributed by atoms with Crippen LogP contribution >= 0.6 is 11.6 Å². The Bertz CT molecular complexity index is 843. The lowest BCUT2D eigenvalue weighted by Gasteiger charge is -2.32. The van der Waals surface area contributed by atoms with Crippen molar-refractivity contribution in [2.24, 2.45) is 0 Å². The predicted octanol–water partition coefficient (Wildman–Crippen LogP) is 4.11. The average molecular weight is 368 g/mol. The second-order valence-corrected chi connectivity index (χ2v) is 7.12. The molecule has 0 amide bonds. The van der Waals surface area contributed by atoms with Crippen molar-refractivity contribution in [3.63, 3.8) is 0 Å². The lowest BCUT2D eigenvalue weighted by molar-refractivity contribution is 0.0993. The molecule has 2 aromatic carbocycles. The average Bonchev–Trinajstić information content (AvgIpc) is 2.65. The number of rotatable bonds is 5. The normalized spacial score (nSPS) is 17.7. The number of ketones is 1. The van der Waals surface area contributed by atoms with Gasteiger partial charge < -0.3 is 5.32 Å². The molecule has 0 aromatic heterocycles. The van der Waals surface area contributed by atoms with E-state index < -0.39 is 0 Å². The van der Waals surface area contributed by atoms with Crippen LogP contribution in [0.2, 0.25) is 5.02 Å². The first-order chi connectivity index (χ1) is 12.6. The highest BCUT2D eigenvalue weighted by atomic mass is 35.5. The molecule has 2 aromatic rings. The number of nitrogens with one attached hydrogen (secondary N) is 1. The Morgan fingerprint density at radius 3 is 2.85 bits per heavy atom. The van der Waals surface area contributed by atoms with Crippen LogP contribution < -0.4 is 5.32 Å². The van der Waals surface area contributed by atoms with E-state index in [1.807, 2.05) is 18.2 Å². The zero-order valence-corrected chi connectivity index (χ0v) is 15.6. The highest BCUT2D eigenvalue weighted by Gasteiger charge is 2.18. The molecule has 1 aliphatic rings. The van der Waals surface area contributed by atoms with E-state index in [-0.39, 0.29) is 12.2 Å². The molecule has 0 aliphatic carbocycles. The second kappa shape index (κ2) is 8.46. The molecule has 0 saturated carbocycles. The standard InChI is InChI=1S/C21H22ClN3O/c1-15-13-25(10-9-24-15)14-18-7-3-6-17(21(18)22)12-20(26)16-5-4-8-19(11-16)23-2/h3-8,11,15,24H,9-10,12-14H2,1H3/t15-/m0/s1. The number of carbonyl (C=O) groups excluding carboxylic acids is 1. The Hall–Kier alpha value is -2.19. The Balaban J connectivity index is 1.74. The van der Waals surface area contributed by atoms with Gasteiger partial charge in [0.15, 0.2) is 11.5 Å². The van der Waals surface area contributed by atoms with Crippen molar-refractivity contribution >= 4 is 23.1 Å². The van der Waals surface area contributed by atoms with Crippen LogP contribution in [0.25, 0.3) is 4.85 Å². The highest BCUT2D eigenvalue weighted by Crippen LogP contribution is 2.25. The number of halogens is 1. The predicted molar refractivity (Wildman–Crippen MR) is 105 cm³/mol. The van der Waals surface area contributed by atoms with Crippen molar-refractivity contribution < 1.29 is 4.79 Å². The summed E-state index contributed by atoms with van der Waals surface area (Å²) >= 11 is 6.61. The number of benzene rings is 2. The van der Waals surface area contributed by atoms with E-state index in [9.17, 15) is 4.79 Å². The van der Waals surface area contributed by atoms with Gasteiger partial charge in [0.25, 0.3) is 0 Å². The van der Waals surface area contributed by atoms with Gasteiger partial charge >= 0.3 is 0 Å². The van der Waals surface area contributed by atoms with Crippen molar-refractivity contribution in [2.75, 3.05) is 19.6 Å². The van der Waals surface area contributed by atoms with Crippen LogP contribution in [0.15, 0.2) is 42.5 Å². The van der Waals surface area contributed by atoms with Gasteiger partial charge in [0.1, 0.15) is 0 Å². The molecule has 3 rings (SSSR count). The maximum Gasteiger partial charge on any atom is 0.187 e. The van der Waals surface area contributed by atoms with Crippen molar-refractivity contribution in [3.8, 4) is 0 Å². The van der Waals surface area contributed by atoms with E-state index in [0.29, 0.717) is 22.3 Å². The molecule has 1 N–H and O–H groups in total. The van der Waals surface area contributed by atoms with Gasteiger partial charge in [0.2, 0.25) is 0 Å². The minimum absolute atomic E-state index is 0.0228. The number of nitrogens with zero attached hydrogens (tertiary/aromatic N) is 2. The summed E-state index contributed by atoms with van der Waals surface area (Å²) in [6.45, 7) is 13.0. The summed E-state index contributed by atoms with van der Waals surface area (Å²) < 4.78 is 0. The van der Waals surface area contributed by atoms with E-state index in [4.69, 9.17) is 18.2 Å². The summed E-state index contributed by atoms with van der Waals surface area (Å²) in [5.41, 5.74) is 2.92. The molecule has 5 heteroatoms. The summed E-state index contributed by atoms with van der Waals surface area (Å²) in [6, 6.07) is 13.2. The van der Waals surface area contributed by atoms with Gasteiger partial charge in [-0.1, -0.05) is 48.0 Å². The van der Waals surface area contributed by atoms with Crippen LogP contribution in [-0.2, 0) is 13.0 Å². The molecule has 0 radical (unpaired) electrons. The zero-order valence-electron chi connectivity index (χ0n) is 14.8. The molecule has 1 heterocycles. The van der Waals surface area contributed by atoms with E-state index in [1.165, 1.54) is 0 Å². The number of piperazine rings is 1. The SMILES string of the molecule is [C-]#[N+]c1cccc(C(=O)Cc2cccc(CN3CCN[C@@H](C)C3)c2Cl)c1. The molecule has 134 valence electrons. The molecule has 1 aliphatic heterocycles. The van der Waals surface area contributed by atoms with E-state index in [1.54, 1.807) is 24.3 Å². The molecule has 1 saturated heterocycles. The first-order valence-corrected chi connectivity index (χ1v) is 9.17. The molecular formula is C21H22ClN3O. The molecule has 1 fully saturated rings. The van der Waals surface area contributed by atoms with Gasteiger partial charge in [0, 0.05) is 49.2 Å². The van der Waals surface area contributed by atoms with Crippen LogP contribution in [0, 0.1) is 6.57 Å². The van der Waals surface area contributed by atoms with Crippen molar-refractivity contribution in [1.82, 2.24) is 10.2 Å². The van der Waals surface area contributed by atoms with Gasteiger partial charge in [-0.2, -0.15) is 0 Å². The van der Waals surface area contributed by atoms with Gasteiger partial charge in [-0.15, -0.1) is 0 Å².